The molecule has 54 valence electrons. The summed E-state index contributed by atoms with van der Waals surface area (Å²) in [5, 5.41) is 7.12. The average Bonchev–Trinajstić information content (AvgIpc) is 1.93. The van der Waals surface area contributed by atoms with Gasteiger partial charge in [0.1, 0.15) is 12.8 Å². The Morgan fingerprint density at radius 2 is 2.40 bits per heavy atom. The normalized spacial score (nSPS) is 18.7. The van der Waals surface area contributed by atoms with Crippen LogP contribution in [0.4, 0.5) is 0 Å². The highest BCUT2D eigenvalue weighted by atomic mass is 16.2. The maximum Gasteiger partial charge on any atom is 0.270 e. The number of imide groups is 1. The van der Waals surface area contributed by atoms with Gasteiger partial charge in [-0.15, -0.1) is 0 Å². The third kappa shape index (κ3) is 1.54. The molecule has 5 heteroatoms. The maximum absolute atomic E-state index is 10.7. The smallest absolute Gasteiger partial charge is 0.270 e. The molecule has 1 heterocycles. The number of hydrazone groups is 1. The number of carbonyl (C=O) groups excluding carboxylic acids is 2. The fraction of sp³-hybridized carbons (Fsp3) is 0.400. The number of hydrogen-bond acceptors (Lipinski definition) is 4. The molecule has 2 amide bonds. The van der Waals surface area contributed by atoms with Gasteiger partial charge in [-0.3, -0.25) is 19.9 Å². The number of rotatable bonds is 0. The minimum Gasteiger partial charge on any atom is -0.290 e. The number of amides is 2. The van der Waals surface area contributed by atoms with Gasteiger partial charge in [-0.05, 0) is 0 Å². The number of carbonyl (C=O) groups is 2. The third-order valence-electron chi connectivity index (χ3n) is 1.01. The lowest BCUT2D eigenvalue weighted by atomic mass is 10.5. The predicted octanol–water partition coefficient (Wildman–Crippen LogP) is -1.44. The largest absolute Gasteiger partial charge is 0.290 e. The second-order valence-corrected chi connectivity index (χ2v) is 1.97. The van der Waals surface area contributed by atoms with E-state index in [-0.39, 0.29) is 12.5 Å². The van der Waals surface area contributed by atoms with E-state index in [0.717, 1.165) is 6.21 Å². The Hall–Kier alpha value is -1.39. The number of nitrogens with one attached hydrogen (secondary N) is 1. The van der Waals surface area contributed by atoms with Gasteiger partial charge in [0.15, 0.2) is 0 Å². The van der Waals surface area contributed by atoms with Gasteiger partial charge in [0.2, 0.25) is 5.91 Å². The molecule has 0 atom stereocenters. The van der Waals surface area contributed by atoms with Crippen LogP contribution in [0.25, 0.3) is 0 Å². The Morgan fingerprint density at radius 1 is 1.70 bits per heavy atom. The molecule has 0 spiro atoms. The molecule has 0 fully saturated rings. The van der Waals surface area contributed by atoms with Crippen molar-refractivity contribution in [1.29, 1.82) is 0 Å². The van der Waals surface area contributed by atoms with E-state index < -0.39 is 5.91 Å². The molecule has 0 aliphatic carbocycles. The van der Waals surface area contributed by atoms with E-state index in [1.54, 1.807) is 7.05 Å². The van der Waals surface area contributed by atoms with Crippen molar-refractivity contribution in [3.8, 4) is 0 Å². The van der Waals surface area contributed by atoms with E-state index in [0.29, 0.717) is 0 Å². The van der Waals surface area contributed by atoms with Gasteiger partial charge in [-0.1, -0.05) is 0 Å². The lowest BCUT2D eigenvalue weighted by molar-refractivity contribution is -0.127. The molecule has 1 rings (SSSR count). The van der Waals surface area contributed by atoms with Crippen molar-refractivity contribution in [3.05, 3.63) is 0 Å². The van der Waals surface area contributed by atoms with Crippen LogP contribution < -0.4 is 5.32 Å². The number of hydrogen-bond donors (Lipinski definition) is 1. The lowest BCUT2D eigenvalue weighted by Gasteiger charge is -2.06. The average molecular weight is 141 g/mol. The van der Waals surface area contributed by atoms with Crippen molar-refractivity contribution in [1.82, 2.24) is 10.3 Å². The first-order valence-corrected chi connectivity index (χ1v) is 2.77. The highest BCUT2D eigenvalue weighted by Crippen LogP contribution is 1.85. The van der Waals surface area contributed by atoms with Gasteiger partial charge < -0.3 is 0 Å². The van der Waals surface area contributed by atoms with Crippen molar-refractivity contribution in [2.45, 2.75) is 0 Å². The Kier molecular flexibility index (Phi) is 1.66. The van der Waals surface area contributed by atoms with Gasteiger partial charge in [0.05, 0.1) is 0 Å². The minimum absolute atomic E-state index is 0.127. The van der Waals surface area contributed by atoms with Crippen LogP contribution in [0.2, 0.25) is 0 Å². The van der Waals surface area contributed by atoms with E-state index in [1.807, 2.05) is 0 Å². The van der Waals surface area contributed by atoms with Crippen molar-refractivity contribution in [2.75, 3.05) is 13.6 Å². The summed E-state index contributed by atoms with van der Waals surface area (Å²) in [6.07, 6.45) is 1.07. The van der Waals surface area contributed by atoms with E-state index >= 15 is 0 Å². The van der Waals surface area contributed by atoms with E-state index in [2.05, 4.69) is 10.4 Å². The van der Waals surface area contributed by atoms with Crippen LogP contribution in [0.15, 0.2) is 5.10 Å². The first-order chi connectivity index (χ1) is 4.68. The van der Waals surface area contributed by atoms with Crippen LogP contribution in [0.1, 0.15) is 0 Å². The van der Waals surface area contributed by atoms with Crippen LogP contribution in [0.3, 0.4) is 0 Å². The monoisotopic (exact) mass is 141 g/mol. The van der Waals surface area contributed by atoms with Crippen molar-refractivity contribution in [2.24, 2.45) is 5.10 Å². The summed E-state index contributed by atoms with van der Waals surface area (Å²) in [6, 6.07) is 0. The molecule has 0 saturated heterocycles. The molecule has 0 saturated carbocycles. The van der Waals surface area contributed by atoms with Crippen LogP contribution in [0.5, 0.6) is 0 Å². The van der Waals surface area contributed by atoms with Crippen molar-refractivity contribution < 1.29 is 9.59 Å². The minimum atomic E-state index is -0.464. The van der Waals surface area contributed by atoms with Gasteiger partial charge in [-0.25, -0.2) is 0 Å². The fourth-order valence-corrected chi connectivity index (χ4v) is 0.609. The Balaban J connectivity index is 2.69. The summed E-state index contributed by atoms with van der Waals surface area (Å²) in [6.45, 7) is 0.127. The SMILES string of the molecule is CN1CC(=O)NC(=O)C=N1. The summed E-state index contributed by atoms with van der Waals surface area (Å²) >= 11 is 0. The van der Waals surface area contributed by atoms with Crippen molar-refractivity contribution >= 4 is 18.0 Å². The zero-order chi connectivity index (χ0) is 7.56. The summed E-state index contributed by atoms with van der Waals surface area (Å²) in [5.41, 5.74) is 0. The van der Waals surface area contributed by atoms with Crippen LogP contribution >= 0.6 is 0 Å². The fourth-order valence-electron chi connectivity index (χ4n) is 0.609. The second kappa shape index (κ2) is 2.47. The van der Waals surface area contributed by atoms with E-state index in [9.17, 15) is 9.59 Å². The van der Waals surface area contributed by atoms with Gasteiger partial charge in [0, 0.05) is 7.05 Å². The summed E-state index contributed by atoms with van der Waals surface area (Å²) < 4.78 is 0. The highest BCUT2D eigenvalue weighted by Gasteiger charge is 2.11. The molecule has 0 unspecified atom stereocenters. The first kappa shape index (κ1) is 6.73. The Labute approximate surface area is 57.7 Å². The molecular formula is C5H7N3O2. The summed E-state index contributed by atoms with van der Waals surface area (Å²) in [5.74, 6) is -0.792. The highest BCUT2D eigenvalue weighted by molar-refractivity contribution is 6.30. The van der Waals surface area contributed by atoms with E-state index in [4.69, 9.17) is 0 Å². The molecular weight excluding hydrogens is 134 g/mol. The molecule has 1 aliphatic rings. The standard InChI is InChI=1S/C5H7N3O2/c1-8-3-5(10)7-4(9)2-6-8/h2H,3H2,1H3,(H,7,9,10). The molecule has 0 aromatic heterocycles. The molecule has 0 aromatic rings. The molecule has 10 heavy (non-hydrogen) atoms. The number of nitrogens with zero attached hydrogens (tertiary/aromatic N) is 2. The number of likely N-dealkylation sites (N-methyl/N-ethyl adjacent to an activating group) is 1. The van der Waals surface area contributed by atoms with Crippen LogP contribution in [0, 0.1) is 0 Å². The lowest BCUT2D eigenvalue weighted by Crippen LogP contribution is -2.33. The van der Waals surface area contributed by atoms with E-state index in [1.165, 1.54) is 5.01 Å². The molecule has 1 aliphatic heterocycles. The summed E-state index contributed by atoms with van der Waals surface area (Å²) in [7, 11) is 1.62. The quantitative estimate of drug-likeness (QED) is 0.420. The molecule has 1 N–H and O–H groups in total. The first-order valence-electron chi connectivity index (χ1n) is 2.77. The predicted molar refractivity (Wildman–Crippen MR) is 34.3 cm³/mol. The zero-order valence-electron chi connectivity index (χ0n) is 5.50. The Morgan fingerprint density at radius 3 is 3.10 bits per heavy atom. The molecule has 5 nitrogen and oxygen atoms in total. The summed E-state index contributed by atoms with van der Waals surface area (Å²) in [4.78, 5) is 21.2. The van der Waals surface area contributed by atoms with Crippen LogP contribution in [-0.2, 0) is 9.59 Å². The topological polar surface area (TPSA) is 61.8 Å². The van der Waals surface area contributed by atoms with Gasteiger partial charge >= 0.3 is 0 Å². The zero-order valence-corrected chi connectivity index (χ0v) is 5.50. The maximum atomic E-state index is 10.7. The van der Waals surface area contributed by atoms with Gasteiger partial charge in [-0.2, -0.15) is 5.10 Å². The molecule has 0 radical (unpaired) electrons. The Bertz CT molecular complexity index is 199. The van der Waals surface area contributed by atoms with Gasteiger partial charge in [0.25, 0.3) is 5.91 Å². The molecule has 0 bridgehead atoms. The molecule has 0 aromatic carbocycles. The second-order valence-electron chi connectivity index (χ2n) is 1.97. The third-order valence-corrected chi connectivity index (χ3v) is 1.01. The van der Waals surface area contributed by atoms with Crippen LogP contribution in [-0.4, -0.2) is 36.6 Å². The van der Waals surface area contributed by atoms with Crippen molar-refractivity contribution in [3.63, 3.8) is 0 Å².